The molecule has 0 radical (unpaired) electrons. The minimum Gasteiger partial charge on any atom is -0.508 e. The summed E-state index contributed by atoms with van der Waals surface area (Å²) in [6.45, 7) is 2.29. The van der Waals surface area contributed by atoms with Crippen LogP contribution in [-0.2, 0) is 20.9 Å². The fourth-order valence-electron chi connectivity index (χ4n) is 5.62. The van der Waals surface area contributed by atoms with Gasteiger partial charge in [0.15, 0.2) is 5.79 Å². The first-order chi connectivity index (χ1) is 14.4. The van der Waals surface area contributed by atoms with Gasteiger partial charge in [0.25, 0.3) is 0 Å². The zero-order valence-electron chi connectivity index (χ0n) is 16.7. The van der Waals surface area contributed by atoms with Gasteiger partial charge in [-0.15, -0.1) is 11.3 Å². The van der Waals surface area contributed by atoms with Gasteiger partial charge < -0.3 is 14.9 Å². The molecule has 6 atom stereocenters. The second-order valence-corrected chi connectivity index (χ2v) is 9.64. The van der Waals surface area contributed by atoms with Crippen molar-refractivity contribution < 1.29 is 24.5 Å². The van der Waals surface area contributed by atoms with Crippen molar-refractivity contribution in [1.82, 2.24) is 4.90 Å². The maximum Gasteiger partial charge on any atom is 0.233 e. The van der Waals surface area contributed by atoms with Crippen LogP contribution in [0.25, 0.3) is 0 Å². The third-order valence-electron chi connectivity index (χ3n) is 7.11. The molecule has 158 valence electrons. The first-order valence-electron chi connectivity index (χ1n) is 10.5. The number of thiophene rings is 1. The van der Waals surface area contributed by atoms with E-state index in [2.05, 4.69) is 0 Å². The van der Waals surface area contributed by atoms with E-state index in [0.717, 1.165) is 10.4 Å². The highest BCUT2D eigenvalue weighted by Gasteiger charge is 2.66. The van der Waals surface area contributed by atoms with Gasteiger partial charge in [-0.25, -0.2) is 0 Å². The number of aromatic hydroxyl groups is 1. The first-order valence-corrected chi connectivity index (χ1v) is 11.4. The van der Waals surface area contributed by atoms with E-state index in [9.17, 15) is 19.8 Å². The lowest BCUT2D eigenvalue weighted by Gasteiger charge is -2.44. The number of imide groups is 1. The number of rotatable bonds is 4. The van der Waals surface area contributed by atoms with Crippen molar-refractivity contribution in [3.63, 3.8) is 0 Å². The predicted octanol–water partition coefficient (Wildman–Crippen LogP) is 3.45. The van der Waals surface area contributed by atoms with Gasteiger partial charge in [-0.05, 0) is 48.4 Å². The Morgan fingerprint density at radius 3 is 2.60 bits per heavy atom. The number of hydrogen-bond donors (Lipinski definition) is 2. The molecular formula is C23H25NO5S. The van der Waals surface area contributed by atoms with Crippen molar-refractivity contribution >= 4 is 23.2 Å². The lowest BCUT2D eigenvalue weighted by Crippen LogP contribution is -2.53. The van der Waals surface area contributed by atoms with Crippen molar-refractivity contribution in [2.45, 2.75) is 44.6 Å². The molecule has 1 saturated carbocycles. The summed E-state index contributed by atoms with van der Waals surface area (Å²) >= 11 is 1.53. The van der Waals surface area contributed by atoms with Crippen molar-refractivity contribution in [2.75, 3.05) is 0 Å². The number of fused-ring (bicyclic) bond motifs is 3. The molecule has 3 fully saturated rings. The molecule has 6 nitrogen and oxygen atoms in total. The topological polar surface area (TPSA) is 87.1 Å². The molecule has 3 heterocycles. The third-order valence-corrected chi connectivity index (χ3v) is 7.97. The standard InChI is InChI=1S/C23H25NO5S/c1-2-14-10-17-20(22(27)24(21(17)26)12-16-4-3-9-30-16)18-11-19(29-23(14,18)28)13-5-7-15(25)8-6-13/h3-9,14,17-20,25,28H,2,10-12H2,1H3/t14-,17-,18-,19-,20-,23+/m0/s1. The Bertz CT molecular complexity index is 958. The zero-order chi connectivity index (χ0) is 21.0. The van der Waals surface area contributed by atoms with Crippen LogP contribution in [-0.4, -0.2) is 32.7 Å². The Labute approximate surface area is 179 Å². The Kier molecular flexibility index (Phi) is 4.72. The Hall–Kier alpha value is -2.22. The summed E-state index contributed by atoms with van der Waals surface area (Å²) in [5.41, 5.74) is 0.856. The van der Waals surface area contributed by atoms with Gasteiger partial charge in [0, 0.05) is 16.7 Å². The molecule has 7 heteroatoms. The summed E-state index contributed by atoms with van der Waals surface area (Å²) in [5, 5.41) is 23.1. The molecule has 2 aliphatic heterocycles. The van der Waals surface area contributed by atoms with Crippen LogP contribution in [0.4, 0.5) is 0 Å². The zero-order valence-corrected chi connectivity index (χ0v) is 17.5. The number of ether oxygens (including phenoxy) is 1. The van der Waals surface area contributed by atoms with Crippen molar-refractivity contribution in [3.8, 4) is 5.75 Å². The molecule has 2 amide bonds. The second kappa shape index (κ2) is 7.18. The van der Waals surface area contributed by atoms with E-state index < -0.39 is 23.5 Å². The summed E-state index contributed by atoms with van der Waals surface area (Å²) < 4.78 is 6.21. The largest absolute Gasteiger partial charge is 0.508 e. The number of carbonyl (C=O) groups excluding carboxylic acids is 2. The number of likely N-dealkylation sites (tertiary alicyclic amines) is 1. The first kappa shape index (κ1) is 19.7. The van der Waals surface area contributed by atoms with Crippen LogP contribution >= 0.6 is 11.3 Å². The molecule has 1 aromatic heterocycles. The van der Waals surface area contributed by atoms with Crippen molar-refractivity contribution in [2.24, 2.45) is 23.7 Å². The van der Waals surface area contributed by atoms with Crippen LogP contribution in [0.5, 0.6) is 5.75 Å². The average molecular weight is 428 g/mol. The molecule has 0 bridgehead atoms. The van der Waals surface area contributed by atoms with Gasteiger partial charge in [-0.3, -0.25) is 14.5 Å². The maximum absolute atomic E-state index is 13.4. The van der Waals surface area contributed by atoms with Crippen LogP contribution in [0.15, 0.2) is 41.8 Å². The van der Waals surface area contributed by atoms with Crippen molar-refractivity contribution in [3.05, 3.63) is 52.2 Å². The van der Waals surface area contributed by atoms with Crippen LogP contribution < -0.4 is 0 Å². The minimum atomic E-state index is -1.42. The molecule has 0 unspecified atom stereocenters. The number of benzene rings is 1. The monoisotopic (exact) mass is 427 g/mol. The number of nitrogens with zero attached hydrogens (tertiary/aromatic N) is 1. The van der Waals surface area contributed by atoms with Crippen molar-refractivity contribution in [1.29, 1.82) is 0 Å². The smallest absolute Gasteiger partial charge is 0.233 e. The quantitative estimate of drug-likeness (QED) is 0.730. The summed E-state index contributed by atoms with van der Waals surface area (Å²) in [4.78, 5) is 28.9. The number of phenolic OH excluding ortho intramolecular Hbond substituents is 1. The summed E-state index contributed by atoms with van der Waals surface area (Å²) in [7, 11) is 0. The minimum absolute atomic E-state index is 0.119. The molecule has 1 aromatic carbocycles. The molecule has 2 aromatic rings. The summed E-state index contributed by atoms with van der Waals surface area (Å²) in [6.07, 6.45) is 1.24. The molecular weight excluding hydrogens is 402 g/mol. The maximum atomic E-state index is 13.4. The summed E-state index contributed by atoms with van der Waals surface area (Å²) in [6, 6.07) is 10.6. The van der Waals surface area contributed by atoms with Gasteiger partial charge in [0.1, 0.15) is 5.75 Å². The molecule has 30 heavy (non-hydrogen) atoms. The van der Waals surface area contributed by atoms with E-state index in [4.69, 9.17) is 4.74 Å². The van der Waals surface area contributed by atoms with E-state index in [-0.39, 0.29) is 29.6 Å². The van der Waals surface area contributed by atoms with Gasteiger partial charge in [0.2, 0.25) is 11.8 Å². The highest BCUT2D eigenvalue weighted by molar-refractivity contribution is 7.09. The van der Waals surface area contributed by atoms with Crippen LogP contribution in [0.2, 0.25) is 0 Å². The Balaban J connectivity index is 1.47. The molecule has 5 rings (SSSR count). The summed E-state index contributed by atoms with van der Waals surface area (Å²) in [5.74, 6) is -3.14. The fourth-order valence-corrected chi connectivity index (χ4v) is 6.31. The Morgan fingerprint density at radius 2 is 1.93 bits per heavy atom. The SMILES string of the molecule is CC[C@H]1C[C@@H]2C(=O)N(Cc3cccs3)C(=O)[C@@H]2[C@@H]2C[C@@H](c3ccc(O)cc3)O[C@]12O. The number of hydrogen-bond acceptors (Lipinski definition) is 6. The van der Waals surface area contributed by atoms with Crippen LogP contribution in [0.3, 0.4) is 0 Å². The molecule has 2 saturated heterocycles. The number of amides is 2. The highest BCUT2D eigenvalue weighted by Crippen LogP contribution is 2.59. The fraction of sp³-hybridized carbons (Fsp3) is 0.478. The van der Waals surface area contributed by atoms with Crippen LogP contribution in [0.1, 0.15) is 42.7 Å². The van der Waals surface area contributed by atoms with Gasteiger partial charge >= 0.3 is 0 Å². The molecule has 0 spiro atoms. The van der Waals surface area contributed by atoms with E-state index >= 15 is 0 Å². The van der Waals surface area contributed by atoms with E-state index in [1.165, 1.54) is 16.2 Å². The van der Waals surface area contributed by atoms with E-state index in [1.54, 1.807) is 24.3 Å². The number of aliphatic hydroxyl groups is 1. The second-order valence-electron chi connectivity index (χ2n) is 8.61. The lowest BCUT2D eigenvalue weighted by molar-refractivity contribution is -0.269. The Morgan fingerprint density at radius 1 is 1.17 bits per heavy atom. The van der Waals surface area contributed by atoms with Gasteiger partial charge in [-0.1, -0.05) is 25.1 Å². The van der Waals surface area contributed by atoms with Gasteiger partial charge in [-0.2, -0.15) is 0 Å². The number of carbonyl (C=O) groups is 2. The molecule has 3 aliphatic rings. The normalized spacial score (nSPS) is 35.5. The molecule has 1 aliphatic carbocycles. The number of phenols is 1. The van der Waals surface area contributed by atoms with Crippen LogP contribution in [0, 0.1) is 23.7 Å². The lowest BCUT2D eigenvalue weighted by atomic mass is 9.64. The highest BCUT2D eigenvalue weighted by atomic mass is 32.1. The van der Waals surface area contributed by atoms with E-state index in [1.807, 2.05) is 24.4 Å². The molecule has 2 N–H and O–H groups in total. The average Bonchev–Trinajstić information content (AvgIpc) is 3.42. The predicted molar refractivity (Wildman–Crippen MR) is 110 cm³/mol. The van der Waals surface area contributed by atoms with Gasteiger partial charge in [0.05, 0.1) is 24.5 Å². The third kappa shape index (κ3) is 2.91. The van der Waals surface area contributed by atoms with E-state index in [0.29, 0.717) is 25.8 Å².